The molecule has 1 amide bonds. The second kappa shape index (κ2) is 13.0. The van der Waals surface area contributed by atoms with Gasteiger partial charge in [-0.05, 0) is 78.8 Å². The SMILES string of the molecule is COc1cccc(CN(C(=O)C2=C(c3ccc(CN(C)Cc4cccc(Cl)c4Cl)cc3)C[C@H]3CNC[C@H]2N3)C2CC2)c1C. The van der Waals surface area contributed by atoms with E-state index in [1.807, 2.05) is 30.3 Å². The van der Waals surface area contributed by atoms with E-state index in [2.05, 4.69) is 64.7 Å². The van der Waals surface area contributed by atoms with Crippen molar-refractivity contribution in [2.24, 2.45) is 0 Å². The summed E-state index contributed by atoms with van der Waals surface area (Å²) in [4.78, 5) is 18.9. The van der Waals surface area contributed by atoms with Crippen LogP contribution >= 0.6 is 23.2 Å². The average molecular weight is 620 g/mol. The van der Waals surface area contributed by atoms with Gasteiger partial charge in [-0.1, -0.05) is 71.7 Å². The van der Waals surface area contributed by atoms with E-state index in [1.165, 1.54) is 11.1 Å². The number of methoxy groups -OCH3 is 1. The van der Waals surface area contributed by atoms with Gasteiger partial charge < -0.3 is 20.3 Å². The predicted octanol–water partition coefficient (Wildman–Crippen LogP) is 6.22. The Morgan fingerprint density at radius 1 is 0.953 bits per heavy atom. The first kappa shape index (κ1) is 30.2. The molecule has 0 radical (unpaired) electrons. The molecule has 1 saturated carbocycles. The molecule has 6 rings (SSSR count). The minimum atomic E-state index is -0.00379. The fourth-order valence-corrected chi connectivity index (χ4v) is 6.90. The summed E-state index contributed by atoms with van der Waals surface area (Å²) in [7, 11) is 3.79. The van der Waals surface area contributed by atoms with Gasteiger partial charge in [0.15, 0.2) is 0 Å². The normalized spacial score (nSPS) is 20.0. The van der Waals surface area contributed by atoms with Gasteiger partial charge in [0.05, 0.1) is 23.2 Å². The number of rotatable bonds is 10. The van der Waals surface area contributed by atoms with Crippen molar-refractivity contribution >= 4 is 34.7 Å². The van der Waals surface area contributed by atoms with E-state index in [1.54, 1.807) is 7.11 Å². The molecule has 1 aliphatic carbocycles. The molecule has 226 valence electrons. The van der Waals surface area contributed by atoms with Gasteiger partial charge in [-0.3, -0.25) is 9.69 Å². The first-order valence-electron chi connectivity index (χ1n) is 15.2. The number of nitrogens with one attached hydrogen (secondary N) is 2. The maximum Gasteiger partial charge on any atom is 0.252 e. The van der Waals surface area contributed by atoms with Crippen LogP contribution in [0.5, 0.6) is 5.75 Å². The summed E-state index contributed by atoms with van der Waals surface area (Å²) in [5.74, 6) is 1.02. The zero-order valence-electron chi connectivity index (χ0n) is 25.1. The summed E-state index contributed by atoms with van der Waals surface area (Å²) in [6, 6.07) is 21.2. The lowest BCUT2D eigenvalue weighted by molar-refractivity contribution is -0.128. The lowest BCUT2D eigenvalue weighted by Crippen LogP contribution is -2.60. The molecule has 1 saturated heterocycles. The molecule has 8 heteroatoms. The predicted molar refractivity (Wildman–Crippen MR) is 174 cm³/mol. The minimum absolute atomic E-state index is 0.00379. The van der Waals surface area contributed by atoms with Gasteiger partial charge in [-0.15, -0.1) is 0 Å². The maximum atomic E-state index is 14.5. The van der Waals surface area contributed by atoms with Crippen LogP contribution in [0.1, 0.15) is 47.1 Å². The number of fused-ring (bicyclic) bond motifs is 2. The Bertz CT molecular complexity index is 1520. The largest absolute Gasteiger partial charge is 0.496 e. The summed E-state index contributed by atoms with van der Waals surface area (Å²) in [5, 5.41) is 8.49. The van der Waals surface area contributed by atoms with E-state index < -0.39 is 0 Å². The first-order valence-corrected chi connectivity index (χ1v) is 15.9. The second-order valence-corrected chi connectivity index (χ2v) is 12.9. The van der Waals surface area contributed by atoms with E-state index in [-0.39, 0.29) is 18.0 Å². The van der Waals surface area contributed by atoms with Crippen molar-refractivity contribution in [3.05, 3.63) is 104 Å². The lowest BCUT2D eigenvalue weighted by Gasteiger charge is -2.41. The van der Waals surface area contributed by atoms with Crippen molar-refractivity contribution in [3.63, 3.8) is 0 Å². The molecule has 3 aromatic carbocycles. The molecular weight excluding hydrogens is 579 g/mol. The van der Waals surface area contributed by atoms with Crippen molar-refractivity contribution in [2.45, 2.75) is 63.9 Å². The number of carbonyl (C=O) groups excluding carboxylic acids is 1. The van der Waals surface area contributed by atoms with Gasteiger partial charge in [0, 0.05) is 50.4 Å². The standard InChI is InChI=1S/C35H40Cl2N4O2/c1-22-25(6-5-9-32(22)43-3)21-41(28-14-15-28)35(42)33-29(16-27-17-38-18-31(33)39-27)24-12-10-23(11-13-24)19-40(2)20-26-7-4-8-30(36)34(26)37/h4-13,27-28,31,38-39H,14-21H2,1-3H3/t27-,31+/m0/s1. The fourth-order valence-electron chi connectivity index (χ4n) is 6.52. The number of amides is 1. The van der Waals surface area contributed by atoms with Crippen LogP contribution in [0, 0.1) is 6.92 Å². The van der Waals surface area contributed by atoms with E-state index in [9.17, 15) is 4.79 Å². The zero-order chi connectivity index (χ0) is 30.1. The molecular formula is C35H40Cl2N4O2. The van der Waals surface area contributed by atoms with E-state index in [4.69, 9.17) is 27.9 Å². The number of halogens is 2. The van der Waals surface area contributed by atoms with Crippen molar-refractivity contribution in [2.75, 3.05) is 27.2 Å². The molecule has 0 unspecified atom stereocenters. The number of nitrogens with zero attached hydrogens (tertiary/aromatic N) is 2. The molecule has 43 heavy (non-hydrogen) atoms. The van der Waals surface area contributed by atoms with Crippen LogP contribution in [-0.2, 0) is 24.4 Å². The Hall–Kier alpha value is -2.87. The highest BCUT2D eigenvalue weighted by Gasteiger charge is 2.41. The lowest BCUT2D eigenvalue weighted by atomic mass is 9.83. The van der Waals surface area contributed by atoms with Crippen LogP contribution in [0.3, 0.4) is 0 Å². The molecule has 2 bridgehead atoms. The Balaban J connectivity index is 1.26. The Labute approximate surface area is 265 Å². The summed E-state index contributed by atoms with van der Waals surface area (Å²) >= 11 is 12.7. The van der Waals surface area contributed by atoms with Gasteiger partial charge >= 0.3 is 0 Å². The summed E-state index contributed by atoms with van der Waals surface area (Å²) in [6.07, 6.45) is 2.94. The van der Waals surface area contributed by atoms with Crippen LogP contribution in [0.2, 0.25) is 10.0 Å². The number of carbonyl (C=O) groups is 1. The van der Waals surface area contributed by atoms with E-state index >= 15 is 0 Å². The third kappa shape index (κ3) is 6.64. The Kier molecular flexibility index (Phi) is 9.13. The van der Waals surface area contributed by atoms with Gasteiger partial charge in [0.2, 0.25) is 0 Å². The number of benzene rings is 3. The Morgan fingerprint density at radius 2 is 1.70 bits per heavy atom. The number of hydrogen-bond acceptors (Lipinski definition) is 5. The molecule has 2 heterocycles. The van der Waals surface area contributed by atoms with Gasteiger partial charge in [0.1, 0.15) is 5.75 Å². The molecule has 0 spiro atoms. The van der Waals surface area contributed by atoms with Crippen molar-refractivity contribution < 1.29 is 9.53 Å². The second-order valence-electron chi connectivity index (χ2n) is 12.2. The monoisotopic (exact) mass is 618 g/mol. The van der Waals surface area contributed by atoms with Crippen molar-refractivity contribution in [3.8, 4) is 5.75 Å². The van der Waals surface area contributed by atoms with Crippen LogP contribution < -0.4 is 15.4 Å². The highest BCUT2D eigenvalue weighted by atomic mass is 35.5. The fraction of sp³-hybridized carbons (Fsp3) is 0.400. The summed E-state index contributed by atoms with van der Waals surface area (Å²) < 4.78 is 5.58. The molecule has 0 aromatic heterocycles. The summed E-state index contributed by atoms with van der Waals surface area (Å²) in [5.41, 5.74) is 7.69. The molecule has 2 N–H and O–H groups in total. The summed E-state index contributed by atoms with van der Waals surface area (Å²) in [6.45, 7) is 5.82. The molecule has 3 aromatic rings. The van der Waals surface area contributed by atoms with Crippen LogP contribution in [0.15, 0.2) is 66.2 Å². The third-order valence-corrected chi connectivity index (χ3v) is 9.82. The quantitative estimate of drug-likeness (QED) is 0.282. The van der Waals surface area contributed by atoms with Gasteiger partial charge in [-0.2, -0.15) is 0 Å². The minimum Gasteiger partial charge on any atom is -0.496 e. The van der Waals surface area contributed by atoms with Crippen molar-refractivity contribution in [1.82, 2.24) is 20.4 Å². The average Bonchev–Trinajstić information content (AvgIpc) is 3.84. The molecule has 2 atom stereocenters. The molecule has 2 fully saturated rings. The topological polar surface area (TPSA) is 56.8 Å². The van der Waals surface area contributed by atoms with Gasteiger partial charge in [-0.25, -0.2) is 0 Å². The molecule has 2 aliphatic heterocycles. The van der Waals surface area contributed by atoms with E-state index in [0.717, 1.165) is 72.5 Å². The Morgan fingerprint density at radius 3 is 2.44 bits per heavy atom. The van der Waals surface area contributed by atoms with Gasteiger partial charge in [0.25, 0.3) is 5.91 Å². The maximum absolute atomic E-state index is 14.5. The van der Waals surface area contributed by atoms with Crippen LogP contribution in [0.4, 0.5) is 0 Å². The smallest absolute Gasteiger partial charge is 0.252 e. The van der Waals surface area contributed by atoms with E-state index in [0.29, 0.717) is 29.2 Å². The van der Waals surface area contributed by atoms with Crippen LogP contribution in [0.25, 0.3) is 5.57 Å². The number of piperazine rings is 1. The first-order chi connectivity index (χ1) is 20.8. The zero-order valence-corrected chi connectivity index (χ0v) is 26.6. The number of hydrogen-bond donors (Lipinski definition) is 2. The van der Waals surface area contributed by atoms with Crippen LogP contribution in [-0.4, -0.2) is 61.1 Å². The highest BCUT2D eigenvalue weighted by Crippen LogP contribution is 2.37. The molecule has 3 aliphatic rings. The highest BCUT2D eigenvalue weighted by molar-refractivity contribution is 6.42. The van der Waals surface area contributed by atoms with Crippen molar-refractivity contribution in [1.29, 1.82) is 0 Å². The number of ether oxygens (including phenoxy) is 1. The molecule has 6 nitrogen and oxygen atoms in total. The third-order valence-electron chi connectivity index (χ3n) is 8.96.